The molecule has 0 amide bonds. The van der Waals surface area contributed by atoms with Gasteiger partial charge in [0.2, 0.25) is 10.0 Å². The van der Waals surface area contributed by atoms with Crippen molar-refractivity contribution >= 4 is 21.4 Å². The average molecular weight is 287 g/mol. The number of aliphatic hydroxyl groups is 1. The first-order valence-electron chi connectivity index (χ1n) is 5.33. The van der Waals surface area contributed by atoms with E-state index in [1.54, 1.807) is 24.5 Å². The van der Waals surface area contributed by atoms with E-state index in [0.29, 0.717) is 11.3 Å². The number of hydrogen-bond donors (Lipinski definition) is 2. The van der Waals surface area contributed by atoms with Gasteiger partial charge >= 0.3 is 0 Å². The Kier molecular flexibility index (Phi) is 4.18. The van der Waals surface area contributed by atoms with Crippen molar-refractivity contribution in [2.45, 2.75) is 17.2 Å². The molecule has 0 atom stereocenters. The van der Waals surface area contributed by atoms with Crippen molar-refractivity contribution < 1.29 is 17.9 Å². The van der Waals surface area contributed by atoms with Crippen molar-refractivity contribution in [2.75, 3.05) is 6.54 Å². The summed E-state index contributed by atoms with van der Waals surface area (Å²) in [4.78, 5) is 0.626. The number of aliphatic hydroxyl groups excluding tert-OH is 1. The molecule has 0 radical (unpaired) electrons. The summed E-state index contributed by atoms with van der Waals surface area (Å²) >= 11 is 1.06. The second-order valence-corrected chi connectivity index (χ2v) is 6.77. The quantitative estimate of drug-likeness (QED) is 0.840. The van der Waals surface area contributed by atoms with E-state index in [1.807, 2.05) is 0 Å². The summed E-state index contributed by atoms with van der Waals surface area (Å²) in [5, 5.41) is 8.90. The molecule has 0 unspecified atom stereocenters. The predicted octanol–water partition coefficient (Wildman–Crippen LogP) is 1.35. The Bertz CT molecular complexity index is 586. The van der Waals surface area contributed by atoms with Gasteiger partial charge in [0.1, 0.15) is 9.97 Å². The first kappa shape index (κ1) is 13.3. The van der Waals surface area contributed by atoms with Gasteiger partial charge in [-0.3, -0.25) is 0 Å². The molecule has 2 aromatic rings. The van der Waals surface area contributed by atoms with Gasteiger partial charge in [0, 0.05) is 17.8 Å². The van der Waals surface area contributed by atoms with Crippen molar-refractivity contribution in [3.05, 3.63) is 41.2 Å². The Labute approximate surface area is 109 Å². The molecule has 0 aliphatic carbocycles. The van der Waals surface area contributed by atoms with Gasteiger partial charge in [-0.2, -0.15) is 0 Å². The van der Waals surface area contributed by atoms with Crippen LogP contribution in [-0.2, 0) is 23.1 Å². The van der Waals surface area contributed by atoms with E-state index in [0.717, 1.165) is 17.1 Å². The number of thiophene rings is 1. The number of sulfonamides is 1. The molecular formula is C11H13NO4S2. The van der Waals surface area contributed by atoms with Gasteiger partial charge in [0.05, 0.1) is 12.9 Å². The third-order valence-electron chi connectivity index (χ3n) is 2.30. The molecular weight excluding hydrogens is 274 g/mol. The highest BCUT2D eigenvalue weighted by atomic mass is 32.2. The van der Waals surface area contributed by atoms with Gasteiger partial charge in [-0.25, -0.2) is 13.1 Å². The zero-order valence-electron chi connectivity index (χ0n) is 9.50. The minimum atomic E-state index is -3.49. The Hall–Kier alpha value is -1.15. The van der Waals surface area contributed by atoms with Gasteiger partial charge in [0.25, 0.3) is 0 Å². The van der Waals surface area contributed by atoms with E-state index in [4.69, 9.17) is 9.52 Å². The molecule has 0 aliphatic heterocycles. The molecule has 98 valence electrons. The fourth-order valence-corrected chi connectivity index (χ4v) is 3.71. The Morgan fingerprint density at radius 3 is 2.78 bits per heavy atom. The number of hydrogen-bond acceptors (Lipinski definition) is 5. The zero-order valence-corrected chi connectivity index (χ0v) is 11.1. The summed E-state index contributed by atoms with van der Waals surface area (Å²) in [6.07, 6.45) is 2.06. The molecule has 0 spiro atoms. The van der Waals surface area contributed by atoms with Crippen LogP contribution in [0.3, 0.4) is 0 Å². The first-order chi connectivity index (χ1) is 8.62. The van der Waals surface area contributed by atoms with Crippen molar-refractivity contribution in [3.8, 4) is 0 Å². The number of furan rings is 1. The lowest BCUT2D eigenvalue weighted by atomic mass is 10.3. The van der Waals surface area contributed by atoms with Crippen LogP contribution in [0.2, 0.25) is 0 Å². The summed E-state index contributed by atoms with van der Waals surface area (Å²) < 4.78 is 31.6. The summed E-state index contributed by atoms with van der Waals surface area (Å²) in [7, 11) is -3.49. The van der Waals surface area contributed by atoms with Crippen molar-refractivity contribution in [1.29, 1.82) is 0 Å². The maximum atomic E-state index is 11.9. The Balaban J connectivity index is 1.95. The van der Waals surface area contributed by atoms with Crippen LogP contribution in [0, 0.1) is 0 Å². The molecule has 0 saturated heterocycles. The maximum absolute atomic E-state index is 11.9. The highest BCUT2D eigenvalue weighted by Crippen LogP contribution is 2.21. The summed E-state index contributed by atoms with van der Waals surface area (Å²) in [6, 6.07) is 6.65. The van der Waals surface area contributed by atoms with Crippen LogP contribution >= 0.6 is 11.3 Å². The average Bonchev–Trinajstić information content (AvgIpc) is 2.99. The SMILES string of the molecule is O=S(=O)(NCCc1ccco1)c1ccc(CO)s1. The molecule has 2 N–H and O–H groups in total. The summed E-state index contributed by atoms with van der Waals surface area (Å²) in [5.74, 6) is 0.736. The van der Waals surface area contributed by atoms with Gasteiger partial charge in [0.15, 0.2) is 0 Å². The largest absolute Gasteiger partial charge is 0.469 e. The minimum absolute atomic E-state index is 0.146. The molecule has 5 nitrogen and oxygen atoms in total. The van der Waals surface area contributed by atoms with Crippen LogP contribution < -0.4 is 4.72 Å². The first-order valence-corrected chi connectivity index (χ1v) is 7.63. The van der Waals surface area contributed by atoms with Gasteiger partial charge in [-0.1, -0.05) is 0 Å². The molecule has 2 aromatic heterocycles. The normalized spacial score (nSPS) is 11.8. The highest BCUT2D eigenvalue weighted by Gasteiger charge is 2.16. The molecule has 2 heterocycles. The summed E-state index contributed by atoms with van der Waals surface area (Å²) in [6.45, 7) is 0.134. The zero-order chi connectivity index (χ0) is 13.0. The molecule has 7 heteroatoms. The molecule has 2 rings (SSSR count). The van der Waals surface area contributed by atoms with Crippen LogP contribution in [0.25, 0.3) is 0 Å². The lowest BCUT2D eigenvalue weighted by molar-refractivity contribution is 0.285. The Morgan fingerprint density at radius 2 is 2.17 bits per heavy atom. The smallest absolute Gasteiger partial charge is 0.250 e. The molecule has 0 saturated carbocycles. The van der Waals surface area contributed by atoms with E-state index < -0.39 is 10.0 Å². The van der Waals surface area contributed by atoms with Crippen LogP contribution in [-0.4, -0.2) is 20.1 Å². The fraction of sp³-hybridized carbons (Fsp3) is 0.273. The molecule has 0 bridgehead atoms. The fourth-order valence-electron chi connectivity index (χ4n) is 1.42. The van der Waals surface area contributed by atoms with Crippen LogP contribution in [0.5, 0.6) is 0 Å². The van der Waals surface area contributed by atoms with E-state index >= 15 is 0 Å². The second-order valence-electron chi connectivity index (χ2n) is 3.61. The predicted molar refractivity (Wildman–Crippen MR) is 67.8 cm³/mol. The van der Waals surface area contributed by atoms with Crippen LogP contribution in [0.4, 0.5) is 0 Å². The lowest BCUT2D eigenvalue weighted by Crippen LogP contribution is -2.25. The third kappa shape index (κ3) is 3.20. The standard InChI is InChI=1S/C11H13NO4S2/c13-8-10-3-4-11(17-10)18(14,15)12-6-5-9-2-1-7-16-9/h1-4,7,12-13H,5-6,8H2. The van der Waals surface area contributed by atoms with Crippen LogP contribution in [0.1, 0.15) is 10.6 Å². The lowest BCUT2D eigenvalue weighted by Gasteiger charge is -2.03. The van der Waals surface area contributed by atoms with Crippen molar-refractivity contribution in [2.24, 2.45) is 0 Å². The van der Waals surface area contributed by atoms with E-state index in [9.17, 15) is 8.42 Å². The molecule has 0 aliphatic rings. The van der Waals surface area contributed by atoms with Gasteiger partial charge in [-0.15, -0.1) is 11.3 Å². The highest BCUT2D eigenvalue weighted by molar-refractivity contribution is 7.91. The van der Waals surface area contributed by atoms with Gasteiger partial charge < -0.3 is 9.52 Å². The number of nitrogens with one attached hydrogen (secondary N) is 1. The third-order valence-corrected chi connectivity index (χ3v) is 5.32. The topological polar surface area (TPSA) is 79.5 Å². The van der Waals surface area contributed by atoms with E-state index in [-0.39, 0.29) is 17.4 Å². The van der Waals surface area contributed by atoms with Crippen molar-refractivity contribution in [1.82, 2.24) is 4.72 Å². The molecule has 18 heavy (non-hydrogen) atoms. The van der Waals surface area contributed by atoms with Crippen molar-refractivity contribution in [3.63, 3.8) is 0 Å². The van der Waals surface area contributed by atoms with E-state index in [1.165, 1.54) is 6.07 Å². The van der Waals surface area contributed by atoms with Crippen LogP contribution in [0.15, 0.2) is 39.2 Å². The van der Waals surface area contributed by atoms with E-state index in [2.05, 4.69) is 4.72 Å². The minimum Gasteiger partial charge on any atom is -0.469 e. The molecule has 0 fully saturated rings. The maximum Gasteiger partial charge on any atom is 0.250 e. The monoisotopic (exact) mass is 287 g/mol. The Morgan fingerprint density at radius 1 is 1.33 bits per heavy atom. The number of rotatable bonds is 6. The second kappa shape index (κ2) is 5.66. The summed E-state index contributed by atoms with van der Waals surface area (Å²) in [5.41, 5.74) is 0. The van der Waals surface area contributed by atoms with Gasteiger partial charge in [-0.05, 0) is 24.3 Å². The molecule has 0 aromatic carbocycles.